The van der Waals surface area contributed by atoms with E-state index in [2.05, 4.69) is 34.0 Å². The van der Waals surface area contributed by atoms with Crippen LogP contribution in [0.4, 0.5) is 0 Å². The molecule has 0 bridgehead atoms. The molecule has 0 atom stereocenters. The van der Waals surface area contributed by atoms with Gasteiger partial charge in [-0.05, 0) is 54.7 Å². The largest absolute Gasteiger partial charge is 0.315 e. The molecule has 1 aromatic rings. The van der Waals surface area contributed by atoms with Gasteiger partial charge in [-0.15, -0.1) is 0 Å². The highest BCUT2D eigenvalue weighted by Gasteiger charge is 2.18. The monoisotopic (exact) mass is 280 g/mol. The van der Waals surface area contributed by atoms with E-state index in [1.165, 1.54) is 57.2 Å². The van der Waals surface area contributed by atoms with Crippen molar-refractivity contribution in [1.29, 1.82) is 0 Å². The van der Waals surface area contributed by atoms with Gasteiger partial charge in [-0.1, -0.05) is 26.2 Å². The minimum Gasteiger partial charge on any atom is -0.315 e. The Morgan fingerprint density at radius 3 is 2.79 bits per heavy atom. The molecule has 0 spiro atoms. The van der Waals surface area contributed by atoms with E-state index in [0.29, 0.717) is 0 Å². The molecule has 0 amide bonds. The summed E-state index contributed by atoms with van der Waals surface area (Å²) >= 11 is 1.79. The zero-order chi connectivity index (χ0) is 13.3. The molecule has 3 heteroatoms. The topological polar surface area (TPSA) is 15.3 Å². The molecule has 0 saturated heterocycles. The van der Waals surface area contributed by atoms with Gasteiger partial charge in [-0.2, -0.15) is 11.3 Å². The third kappa shape index (κ3) is 5.25. The summed E-state index contributed by atoms with van der Waals surface area (Å²) < 4.78 is 0. The Morgan fingerprint density at radius 1 is 1.26 bits per heavy atom. The predicted octanol–water partition coefficient (Wildman–Crippen LogP) is 3.53. The summed E-state index contributed by atoms with van der Waals surface area (Å²) in [5, 5.41) is 8.01. The molecule has 1 N–H and O–H groups in total. The molecule has 1 fully saturated rings. The smallest absolute Gasteiger partial charge is 0.0110 e. The van der Waals surface area contributed by atoms with Crippen molar-refractivity contribution in [2.45, 2.75) is 51.5 Å². The Bertz CT molecular complexity index is 317. The van der Waals surface area contributed by atoms with E-state index in [-0.39, 0.29) is 0 Å². The molecule has 0 radical (unpaired) electrons. The van der Waals surface area contributed by atoms with Gasteiger partial charge in [-0.25, -0.2) is 0 Å². The van der Waals surface area contributed by atoms with Gasteiger partial charge in [0.05, 0.1) is 0 Å². The van der Waals surface area contributed by atoms with Gasteiger partial charge >= 0.3 is 0 Å². The molecule has 2 nitrogen and oxygen atoms in total. The number of rotatable bonds is 8. The normalized spacial score (nSPS) is 17.2. The van der Waals surface area contributed by atoms with Crippen molar-refractivity contribution < 1.29 is 0 Å². The van der Waals surface area contributed by atoms with Crippen LogP contribution in [0.2, 0.25) is 0 Å². The molecule has 1 heterocycles. The highest BCUT2D eigenvalue weighted by molar-refractivity contribution is 7.07. The zero-order valence-electron chi connectivity index (χ0n) is 12.2. The minimum absolute atomic E-state index is 0.859. The summed E-state index contributed by atoms with van der Waals surface area (Å²) in [4.78, 5) is 2.68. The molecule has 2 rings (SSSR count). The van der Waals surface area contributed by atoms with Crippen LogP contribution in [0.5, 0.6) is 0 Å². The lowest BCUT2D eigenvalue weighted by Gasteiger charge is -2.33. The third-order valence-electron chi connectivity index (χ3n) is 4.24. The first kappa shape index (κ1) is 15.0. The second kappa shape index (κ2) is 8.72. The van der Waals surface area contributed by atoms with Crippen molar-refractivity contribution in [1.82, 2.24) is 10.2 Å². The van der Waals surface area contributed by atoms with Crippen LogP contribution in [0.25, 0.3) is 0 Å². The van der Waals surface area contributed by atoms with E-state index in [4.69, 9.17) is 0 Å². The molecule has 0 aromatic carbocycles. The Balaban J connectivity index is 1.57. The Hall–Kier alpha value is -0.380. The SMILES string of the molecule is CCN(CCNCCc1ccsc1)C1CCCCC1. The van der Waals surface area contributed by atoms with Gasteiger partial charge in [-0.3, -0.25) is 4.90 Å². The molecule has 1 saturated carbocycles. The van der Waals surface area contributed by atoms with Gasteiger partial charge < -0.3 is 5.32 Å². The van der Waals surface area contributed by atoms with E-state index in [1.54, 1.807) is 11.3 Å². The Morgan fingerprint density at radius 2 is 2.11 bits per heavy atom. The summed E-state index contributed by atoms with van der Waals surface area (Å²) in [5.41, 5.74) is 1.47. The number of nitrogens with one attached hydrogen (secondary N) is 1. The number of hydrogen-bond acceptors (Lipinski definition) is 3. The maximum Gasteiger partial charge on any atom is 0.0110 e. The van der Waals surface area contributed by atoms with Crippen molar-refractivity contribution in [3.05, 3.63) is 22.4 Å². The summed E-state index contributed by atoms with van der Waals surface area (Å²) in [6, 6.07) is 3.09. The lowest BCUT2D eigenvalue weighted by atomic mass is 9.94. The molecular formula is C16H28N2S. The lowest BCUT2D eigenvalue weighted by Crippen LogP contribution is -2.41. The Kier molecular flexibility index (Phi) is 6.90. The van der Waals surface area contributed by atoms with Gasteiger partial charge in [0.2, 0.25) is 0 Å². The first-order valence-electron chi connectivity index (χ1n) is 7.86. The van der Waals surface area contributed by atoms with E-state index in [1.807, 2.05) is 0 Å². The van der Waals surface area contributed by atoms with Crippen LogP contribution >= 0.6 is 11.3 Å². The molecule has 19 heavy (non-hydrogen) atoms. The molecule has 0 unspecified atom stereocenters. The highest BCUT2D eigenvalue weighted by atomic mass is 32.1. The number of thiophene rings is 1. The average Bonchev–Trinajstić information content (AvgIpc) is 2.97. The van der Waals surface area contributed by atoms with Crippen LogP contribution in [0.1, 0.15) is 44.6 Å². The van der Waals surface area contributed by atoms with Gasteiger partial charge in [0.25, 0.3) is 0 Å². The highest BCUT2D eigenvalue weighted by Crippen LogP contribution is 2.21. The van der Waals surface area contributed by atoms with Crippen molar-refractivity contribution in [3.63, 3.8) is 0 Å². The number of hydrogen-bond donors (Lipinski definition) is 1. The molecule has 1 aliphatic carbocycles. The first-order valence-corrected chi connectivity index (χ1v) is 8.80. The van der Waals surface area contributed by atoms with Crippen LogP contribution in [-0.4, -0.2) is 37.1 Å². The maximum atomic E-state index is 3.59. The standard InChI is InChI=1S/C16H28N2S/c1-2-18(16-6-4-3-5-7-16)12-11-17-10-8-15-9-13-19-14-15/h9,13-14,16-17H,2-8,10-12H2,1H3. The molecular weight excluding hydrogens is 252 g/mol. The quantitative estimate of drug-likeness (QED) is 0.733. The second-order valence-corrected chi connectivity index (χ2v) is 6.33. The zero-order valence-corrected chi connectivity index (χ0v) is 13.1. The van der Waals surface area contributed by atoms with Crippen molar-refractivity contribution >= 4 is 11.3 Å². The van der Waals surface area contributed by atoms with Crippen LogP contribution < -0.4 is 5.32 Å². The first-order chi connectivity index (χ1) is 9.40. The van der Waals surface area contributed by atoms with Gasteiger partial charge in [0, 0.05) is 19.1 Å². The Labute approximate surface area is 122 Å². The summed E-state index contributed by atoms with van der Waals surface area (Å²) in [7, 11) is 0. The average molecular weight is 280 g/mol. The molecule has 1 aromatic heterocycles. The fraction of sp³-hybridized carbons (Fsp3) is 0.750. The lowest BCUT2D eigenvalue weighted by molar-refractivity contribution is 0.164. The third-order valence-corrected chi connectivity index (χ3v) is 4.98. The molecule has 108 valence electrons. The minimum atomic E-state index is 0.859. The second-order valence-electron chi connectivity index (χ2n) is 5.55. The van der Waals surface area contributed by atoms with E-state index in [9.17, 15) is 0 Å². The van der Waals surface area contributed by atoms with E-state index >= 15 is 0 Å². The summed E-state index contributed by atoms with van der Waals surface area (Å²) in [5.74, 6) is 0. The van der Waals surface area contributed by atoms with Gasteiger partial charge in [0.1, 0.15) is 0 Å². The molecule has 0 aliphatic heterocycles. The maximum absolute atomic E-state index is 3.59. The van der Waals surface area contributed by atoms with Gasteiger partial charge in [0.15, 0.2) is 0 Å². The molecule has 1 aliphatic rings. The van der Waals surface area contributed by atoms with Crippen molar-refractivity contribution in [2.24, 2.45) is 0 Å². The fourth-order valence-electron chi connectivity index (χ4n) is 3.06. The van der Waals surface area contributed by atoms with Crippen LogP contribution in [0.15, 0.2) is 16.8 Å². The fourth-order valence-corrected chi connectivity index (χ4v) is 3.76. The summed E-state index contributed by atoms with van der Waals surface area (Å²) in [6.07, 6.45) is 8.33. The van der Waals surface area contributed by atoms with Crippen LogP contribution in [0, 0.1) is 0 Å². The van der Waals surface area contributed by atoms with Crippen LogP contribution in [0.3, 0.4) is 0 Å². The van der Waals surface area contributed by atoms with Crippen molar-refractivity contribution in [3.8, 4) is 0 Å². The van der Waals surface area contributed by atoms with Crippen molar-refractivity contribution in [2.75, 3.05) is 26.2 Å². The van der Waals surface area contributed by atoms with E-state index < -0.39 is 0 Å². The number of likely N-dealkylation sites (N-methyl/N-ethyl adjacent to an activating group) is 1. The van der Waals surface area contributed by atoms with E-state index in [0.717, 1.165) is 19.1 Å². The number of nitrogens with zero attached hydrogens (tertiary/aromatic N) is 1. The summed E-state index contributed by atoms with van der Waals surface area (Å²) in [6.45, 7) is 6.97. The predicted molar refractivity (Wildman–Crippen MR) is 85.0 cm³/mol. The van der Waals surface area contributed by atoms with Crippen LogP contribution in [-0.2, 0) is 6.42 Å².